The predicted octanol–water partition coefficient (Wildman–Crippen LogP) is 5.96. The van der Waals surface area contributed by atoms with Gasteiger partial charge in [-0.2, -0.15) is 0 Å². The number of hydrogen-bond acceptors (Lipinski definition) is 1. The van der Waals surface area contributed by atoms with Gasteiger partial charge in [-0.3, -0.25) is 4.57 Å². The molecule has 2 aromatic carbocycles. The molecule has 6 heteroatoms. The molecule has 20 heavy (non-hydrogen) atoms. The number of halogens is 3. The highest BCUT2D eigenvalue weighted by atomic mass is 35.5. The van der Waals surface area contributed by atoms with E-state index in [1.165, 1.54) is 0 Å². The number of fused-ring (bicyclic) bond motifs is 1. The van der Waals surface area contributed by atoms with E-state index in [1.807, 2.05) is 29.7 Å². The third-order valence-corrected chi connectivity index (χ3v) is 4.39. The van der Waals surface area contributed by atoms with Crippen LogP contribution in [-0.2, 0) is 0 Å². The van der Waals surface area contributed by atoms with Crippen molar-refractivity contribution in [1.29, 1.82) is 0 Å². The second-order valence-corrected chi connectivity index (χ2v) is 6.11. The van der Waals surface area contributed by atoms with E-state index in [9.17, 15) is 0 Å². The normalized spacial score (nSPS) is 11.2. The molecule has 0 unspecified atom stereocenters. The Labute approximate surface area is 135 Å². The Morgan fingerprint density at radius 2 is 1.70 bits per heavy atom. The van der Waals surface area contributed by atoms with Crippen molar-refractivity contribution in [2.75, 3.05) is 0 Å². The fraction of sp³-hybridized carbons (Fsp3) is 0.0714. The van der Waals surface area contributed by atoms with Crippen molar-refractivity contribution in [3.8, 4) is 5.69 Å². The quantitative estimate of drug-likeness (QED) is 0.541. The van der Waals surface area contributed by atoms with Crippen LogP contribution in [0.1, 0.15) is 5.56 Å². The fourth-order valence-electron chi connectivity index (χ4n) is 2.14. The first-order valence-electron chi connectivity index (χ1n) is 5.83. The molecule has 0 saturated carbocycles. The summed E-state index contributed by atoms with van der Waals surface area (Å²) in [6.07, 6.45) is 0. The number of aromatic nitrogens is 2. The van der Waals surface area contributed by atoms with E-state index in [0.717, 1.165) is 22.3 Å². The van der Waals surface area contributed by atoms with Crippen LogP contribution in [0.5, 0.6) is 0 Å². The first-order chi connectivity index (χ1) is 9.47. The molecule has 2 nitrogen and oxygen atoms in total. The highest BCUT2D eigenvalue weighted by Gasteiger charge is 2.12. The van der Waals surface area contributed by atoms with Crippen molar-refractivity contribution in [3.05, 3.63) is 55.7 Å². The van der Waals surface area contributed by atoms with Gasteiger partial charge in [0.25, 0.3) is 0 Å². The number of nitrogens with one attached hydrogen (secondary N) is 1. The predicted molar refractivity (Wildman–Crippen MR) is 88.2 cm³/mol. The molecule has 0 fully saturated rings. The van der Waals surface area contributed by atoms with Crippen LogP contribution in [0.3, 0.4) is 0 Å². The average molecular weight is 344 g/mol. The molecular weight excluding hydrogens is 335 g/mol. The lowest BCUT2D eigenvalue weighted by molar-refractivity contribution is 1.06. The molecule has 3 aromatic rings. The lowest BCUT2D eigenvalue weighted by atomic mass is 10.2. The Balaban J connectivity index is 2.42. The van der Waals surface area contributed by atoms with Crippen LogP contribution >= 0.6 is 47.0 Å². The number of hydrogen-bond donors (Lipinski definition) is 1. The summed E-state index contributed by atoms with van der Waals surface area (Å²) in [5.41, 5.74) is 3.58. The molecule has 0 amide bonds. The van der Waals surface area contributed by atoms with Crippen LogP contribution in [0.2, 0.25) is 15.1 Å². The van der Waals surface area contributed by atoms with Crippen molar-refractivity contribution in [2.45, 2.75) is 6.92 Å². The lowest BCUT2D eigenvalue weighted by Crippen LogP contribution is -1.95. The molecule has 1 N–H and O–H groups in total. The van der Waals surface area contributed by atoms with Crippen molar-refractivity contribution in [2.24, 2.45) is 0 Å². The number of aryl methyl sites for hydroxylation is 1. The summed E-state index contributed by atoms with van der Waals surface area (Å²) in [7, 11) is 0. The van der Waals surface area contributed by atoms with Crippen molar-refractivity contribution in [1.82, 2.24) is 9.55 Å². The molecule has 3 rings (SSSR count). The van der Waals surface area contributed by atoms with Gasteiger partial charge in [0.1, 0.15) is 0 Å². The van der Waals surface area contributed by atoms with Crippen LogP contribution in [0.15, 0.2) is 30.3 Å². The average Bonchev–Trinajstić information content (AvgIpc) is 2.69. The van der Waals surface area contributed by atoms with Gasteiger partial charge >= 0.3 is 0 Å². The van der Waals surface area contributed by atoms with E-state index in [2.05, 4.69) is 4.98 Å². The molecule has 0 spiro atoms. The van der Waals surface area contributed by atoms with E-state index >= 15 is 0 Å². The monoisotopic (exact) mass is 342 g/mol. The summed E-state index contributed by atoms with van der Waals surface area (Å²) in [6, 6.07) is 9.33. The molecule has 0 atom stereocenters. The van der Waals surface area contributed by atoms with E-state index in [-0.39, 0.29) is 0 Å². The number of nitrogens with zero attached hydrogens (tertiary/aromatic N) is 1. The molecule has 102 valence electrons. The van der Waals surface area contributed by atoms with E-state index in [4.69, 9.17) is 47.0 Å². The van der Waals surface area contributed by atoms with Gasteiger partial charge < -0.3 is 4.98 Å². The van der Waals surface area contributed by atoms with Crippen LogP contribution in [0.25, 0.3) is 16.7 Å². The van der Waals surface area contributed by atoms with E-state index in [1.54, 1.807) is 12.1 Å². The molecule has 0 aliphatic heterocycles. The van der Waals surface area contributed by atoms with Gasteiger partial charge in [0.15, 0.2) is 4.77 Å². The maximum absolute atomic E-state index is 6.29. The van der Waals surface area contributed by atoms with Crippen LogP contribution < -0.4 is 0 Å². The highest BCUT2D eigenvalue weighted by Crippen LogP contribution is 2.31. The first-order valence-corrected chi connectivity index (χ1v) is 7.38. The second-order valence-electron chi connectivity index (χ2n) is 4.50. The van der Waals surface area contributed by atoms with Gasteiger partial charge in [-0.25, -0.2) is 0 Å². The maximum atomic E-state index is 6.29. The number of benzene rings is 2. The maximum Gasteiger partial charge on any atom is 0.182 e. The zero-order valence-electron chi connectivity index (χ0n) is 10.4. The minimum Gasteiger partial charge on any atom is -0.330 e. The first kappa shape index (κ1) is 14.0. The minimum absolute atomic E-state index is 0.477. The van der Waals surface area contributed by atoms with Gasteiger partial charge in [0, 0.05) is 0 Å². The Morgan fingerprint density at radius 3 is 2.45 bits per heavy atom. The third kappa shape index (κ3) is 2.25. The summed E-state index contributed by atoms with van der Waals surface area (Å²) in [5.74, 6) is 0. The Morgan fingerprint density at radius 1 is 1.00 bits per heavy atom. The standard InChI is InChI=1S/C14H9Cl3N2S/c1-7-2-3-8(15)12(4-7)19-13-6-10(17)9(16)5-11(13)18-14(19)20/h2-6H,1H3,(H,18,20). The zero-order valence-corrected chi connectivity index (χ0v) is 13.5. The molecule has 0 aliphatic carbocycles. The van der Waals surface area contributed by atoms with Crippen LogP contribution in [-0.4, -0.2) is 9.55 Å². The van der Waals surface area contributed by atoms with Crippen LogP contribution in [0.4, 0.5) is 0 Å². The summed E-state index contributed by atoms with van der Waals surface area (Å²) in [4.78, 5) is 3.12. The Bertz CT molecular complexity index is 880. The molecular formula is C14H9Cl3N2S. The topological polar surface area (TPSA) is 20.7 Å². The Hall–Kier alpha value is -1.00. The van der Waals surface area contributed by atoms with Gasteiger partial charge in [-0.05, 0) is 49.0 Å². The SMILES string of the molecule is Cc1ccc(Cl)c(-n2c(=S)[nH]c3cc(Cl)c(Cl)cc32)c1. The zero-order chi connectivity index (χ0) is 14.4. The molecule has 0 bridgehead atoms. The van der Waals surface area contributed by atoms with Crippen LogP contribution in [0, 0.1) is 11.7 Å². The molecule has 0 radical (unpaired) electrons. The summed E-state index contributed by atoms with van der Waals surface area (Å²) >= 11 is 23.8. The number of rotatable bonds is 1. The highest BCUT2D eigenvalue weighted by molar-refractivity contribution is 7.71. The van der Waals surface area contributed by atoms with Crippen molar-refractivity contribution >= 4 is 58.1 Å². The Kier molecular flexibility index (Phi) is 3.55. The number of imidazole rings is 1. The summed E-state index contributed by atoms with van der Waals surface area (Å²) in [6.45, 7) is 2.00. The molecule has 0 aliphatic rings. The fourth-order valence-corrected chi connectivity index (χ4v) is 2.97. The molecule has 1 aromatic heterocycles. The molecule has 0 saturated heterocycles. The van der Waals surface area contributed by atoms with Gasteiger partial charge in [-0.1, -0.05) is 40.9 Å². The van der Waals surface area contributed by atoms with Gasteiger partial charge in [0.2, 0.25) is 0 Å². The molecule has 1 heterocycles. The smallest absolute Gasteiger partial charge is 0.182 e. The number of H-pyrrole nitrogens is 1. The van der Waals surface area contributed by atoms with E-state index < -0.39 is 0 Å². The number of aromatic amines is 1. The van der Waals surface area contributed by atoms with Crippen molar-refractivity contribution < 1.29 is 0 Å². The third-order valence-electron chi connectivity index (χ3n) is 3.07. The summed E-state index contributed by atoms with van der Waals surface area (Å²) < 4.78 is 2.41. The largest absolute Gasteiger partial charge is 0.330 e. The van der Waals surface area contributed by atoms with Gasteiger partial charge in [-0.15, -0.1) is 0 Å². The minimum atomic E-state index is 0.477. The second kappa shape index (κ2) is 5.08. The lowest BCUT2D eigenvalue weighted by Gasteiger charge is -2.08. The van der Waals surface area contributed by atoms with Gasteiger partial charge in [0.05, 0.1) is 31.8 Å². The van der Waals surface area contributed by atoms with E-state index in [0.29, 0.717) is 19.8 Å². The van der Waals surface area contributed by atoms with Crippen molar-refractivity contribution in [3.63, 3.8) is 0 Å². The summed E-state index contributed by atoms with van der Waals surface area (Å²) in [5, 5.41) is 1.59.